The number of carbonyl (C=O) groups is 3. The Bertz CT molecular complexity index is 577. The summed E-state index contributed by atoms with van der Waals surface area (Å²) >= 11 is 0. The normalized spacial score (nSPS) is 19.0. The Morgan fingerprint density at radius 3 is 2.05 bits per heavy atom. The number of hydrogen-bond acceptors (Lipinski definition) is 3. The highest BCUT2D eigenvalue weighted by Crippen LogP contribution is 2.27. The van der Waals surface area contributed by atoms with Gasteiger partial charge in [-0.25, -0.2) is 0 Å². The quantitative estimate of drug-likeness (QED) is 0.785. The average molecular weight is 287 g/mol. The zero-order valence-electron chi connectivity index (χ0n) is 11.5. The van der Waals surface area contributed by atoms with Crippen molar-refractivity contribution in [2.75, 3.05) is 0 Å². The Hall–Kier alpha value is -2.63. The third kappa shape index (κ3) is 3.28. The molecule has 1 saturated heterocycles. The van der Waals surface area contributed by atoms with Crippen LogP contribution in [-0.4, -0.2) is 28.7 Å². The lowest BCUT2D eigenvalue weighted by atomic mass is 9.95. The van der Waals surface area contributed by atoms with E-state index in [1.165, 1.54) is 18.6 Å². The zero-order valence-corrected chi connectivity index (χ0v) is 11.5. The number of carbonyl (C=O) groups excluding carboxylic acids is 3. The highest BCUT2D eigenvalue weighted by Gasteiger charge is 2.34. The summed E-state index contributed by atoms with van der Waals surface area (Å²) in [6, 6.07) is 6.71. The fraction of sp³-hybridized carbons (Fsp3) is 0.267. The number of β-lactam (4-membered cyclic amide) rings is 1. The molecular weight excluding hydrogens is 270 g/mol. The topological polar surface area (TPSA) is 106 Å². The molecule has 21 heavy (non-hydrogen) atoms. The molecule has 0 radical (unpaired) electrons. The first-order valence-electron chi connectivity index (χ1n) is 6.67. The predicted octanol–water partition coefficient (Wildman–Crippen LogP) is 0.779. The molecule has 1 fully saturated rings. The van der Waals surface area contributed by atoms with Crippen molar-refractivity contribution in [3.63, 3.8) is 0 Å². The summed E-state index contributed by atoms with van der Waals surface area (Å²) in [6.45, 7) is 0. The number of allylic oxidation sites excluding steroid dienone is 1. The third-order valence-electron chi connectivity index (χ3n) is 3.48. The van der Waals surface area contributed by atoms with Crippen molar-refractivity contribution in [2.24, 2.45) is 11.5 Å². The third-order valence-corrected chi connectivity index (χ3v) is 3.48. The van der Waals surface area contributed by atoms with Crippen LogP contribution in [0.3, 0.4) is 0 Å². The first-order valence-corrected chi connectivity index (χ1v) is 6.67. The molecule has 6 nitrogen and oxygen atoms in total. The molecule has 0 aliphatic carbocycles. The van der Waals surface area contributed by atoms with E-state index in [2.05, 4.69) is 6.08 Å². The summed E-state index contributed by atoms with van der Waals surface area (Å²) in [6.07, 6.45) is 7.08. The van der Waals surface area contributed by atoms with E-state index in [-0.39, 0.29) is 17.0 Å². The minimum Gasteiger partial charge on any atom is -0.366 e. The number of amides is 3. The molecule has 1 aromatic rings. The Labute approximate surface area is 122 Å². The summed E-state index contributed by atoms with van der Waals surface area (Å²) in [5.41, 5.74) is 10.3. The monoisotopic (exact) mass is 287 g/mol. The Kier molecular flexibility index (Phi) is 4.37. The van der Waals surface area contributed by atoms with Crippen molar-refractivity contribution in [1.82, 2.24) is 4.90 Å². The van der Waals surface area contributed by atoms with E-state index in [9.17, 15) is 14.4 Å². The van der Waals surface area contributed by atoms with E-state index in [4.69, 9.17) is 11.5 Å². The summed E-state index contributed by atoms with van der Waals surface area (Å²) in [5.74, 6) is -1.01. The first-order chi connectivity index (χ1) is 10.0. The van der Waals surface area contributed by atoms with E-state index in [1.54, 1.807) is 12.1 Å². The fourth-order valence-corrected chi connectivity index (χ4v) is 2.33. The van der Waals surface area contributed by atoms with Gasteiger partial charge >= 0.3 is 0 Å². The Balaban J connectivity index is 0.000000159. The minimum absolute atomic E-state index is 0.157. The molecule has 0 aromatic heterocycles. The number of nitrogens with zero attached hydrogens (tertiary/aromatic N) is 1. The first kappa shape index (κ1) is 14.8. The predicted molar refractivity (Wildman–Crippen MR) is 77.1 cm³/mol. The van der Waals surface area contributed by atoms with Gasteiger partial charge in [0.05, 0.1) is 11.1 Å². The Morgan fingerprint density at radius 1 is 1.10 bits per heavy atom. The second-order valence-electron chi connectivity index (χ2n) is 4.90. The number of primary amides is 2. The van der Waals surface area contributed by atoms with Gasteiger partial charge < -0.3 is 16.4 Å². The maximum atomic E-state index is 10.7. The van der Waals surface area contributed by atoms with Gasteiger partial charge in [0.25, 0.3) is 0 Å². The van der Waals surface area contributed by atoms with Gasteiger partial charge in [-0.2, -0.15) is 0 Å². The molecule has 0 bridgehead atoms. The molecule has 2 aliphatic rings. The molecule has 0 spiro atoms. The summed E-state index contributed by atoms with van der Waals surface area (Å²) in [7, 11) is 0. The van der Waals surface area contributed by atoms with Gasteiger partial charge in [0.2, 0.25) is 17.7 Å². The van der Waals surface area contributed by atoms with Crippen LogP contribution in [0.4, 0.5) is 0 Å². The number of benzene rings is 1. The lowest BCUT2D eigenvalue weighted by Crippen LogP contribution is -2.50. The van der Waals surface area contributed by atoms with Crippen LogP contribution in [0.15, 0.2) is 36.5 Å². The molecule has 1 atom stereocenters. The molecule has 3 rings (SSSR count). The molecule has 4 N–H and O–H groups in total. The largest absolute Gasteiger partial charge is 0.366 e. The van der Waals surface area contributed by atoms with Crippen molar-refractivity contribution >= 4 is 17.7 Å². The molecular formula is C15H17N3O3. The van der Waals surface area contributed by atoms with Gasteiger partial charge in [-0.15, -0.1) is 0 Å². The van der Waals surface area contributed by atoms with Crippen LogP contribution in [0.1, 0.15) is 40.0 Å². The minimum atomic E-state index is -0.649. The van der Waals surface area contributed by atoms with Gasteiger partial charge in [0.1, 0.15) is 0 Å². The van der Waals surface area contributed by atoms with Crippen LogP contribution in [0.25, 0.3) is 0 Å². The zero-order chi connectivity index (χ0) is 15.4. The number of fused-ring (bicyclic) bond motifs is 1. The fourth-order valence-electron chi connectivity index (χ4n) is 2.33. The standard InChI is InChI=1S/C8H8N2O2.C7H9NO/c9-7(11)5-3-1-2-4-6(5)8(10)12;9-7-5-6-3-1-2-4-8(6)7/h1-4H,(H2,9,11)(H2,10,12);2,4,6H,1,3,5H2/t;6-/m.1/s1. The second kappa shape index (κ2) is 6.21. The summed E-state index contributed by atoms with van der Waals surface area (Å²) < 4.78 is 0. The lowest BCUT2D eigenvalue weighted by Gasteiger charge is -2.40. The summed E-state index contributed by atoms with van der Waals surface area (Å²) in [4.78, 5) is 34.1. The number of hydrogen-bond donors (Lipinski definition) is 2. The second-order valence-corrected chi connectivity index (χ2v) is 4.90. The number of rotatable bonds is 2. The number of nitrogens with two attached hydrogens (primary N) is 2. The maximum absolute atomic E-state index is 10.7. The smallest absolute Gasteiger partial charge is 0.249 e. The van der Waals surface area contributed by atoms with Crippen LogP contribution < -0.4 is 11.5 Å². The molecule has 2 aliphatic heterocycles. The molecule has 110 valence electrons. The van der Waals surface area contributed by atoms with Crippen molar-refractivity contribution < 1.29 is 14.4 Å². The van der Waals surface area contributed by atoms with E-state index in [1.807, 2.05) is 11.1 Å². The van der Waals surface area contributed by atoms with Crippen LogP contribution in [0.5, 0.6) is 0 Å². The van der Waals surface area contributed by atoms with Crippen LogP contribution in [0, 0.1) is 0 Å². The highest BCUT2D eigenvalue weighted by atomic mass is 16.2. The van der Waals surface area contributed by atoms with Gasteiger partial charge in [-0.1, -0.05) is 18.2 Å². The van der Waals surface area contributed by atoms with Crippen molar-refractivity contribution in [3.8, 4) is 0 Å². The van der Waals surface area contributed by atoms with Crippen molar-refractivity contribution in [1.29, 1.82) is 0 Å². The van der Waals surface area contributed by atoms with Gasteiger partial charge in [0.15, 0.2) is 0 Å². The van der Waals surface area contributed by atoms with Gasteiger partial charge in [-0.3, -0.25) is 14.4 Å². The Morgan fingerprint density at radius 2 is 1.67 bits per heavy atom. The van der Waals surface area contributed by atoms with Gasteiger partial charge in [0, 0.05) is 18.7 Å². The highest BCUT2D eigenvalue weighted by molar-refractivity contribution is 6.06. The molecule has 0 saturated carbocycles. The van der Waals surface area contributed by atoms with Crippen LogP contribution >= 0.6 is 0 Å². The maximum Gasteiger partial charge on any atom is 0.249 e. The molecule has 2 heterocycles. The SMILES string of the molecule is NC(=O)c1ccccc1C(N)=O.O=C1C[C@H]2CCC=CN12. The van der Waals surface area contributed by atoms with E-state index in [0.29, 0.717) is 6.04 Å². The molecule has 0 unspecified atom stereocenters. The average Bonchev–Trinajstić information content (AvgIpc) is 2.47. The van der Waals surface area contributed by atoms with E-state index >= 15 is 0 Å². The lowest BCUT2D eigenvalue weighted by molar-refractivity contribution is -0.141. The van der Waals surface area contributed by atoms with E-state index < -0.39 is 11.8 Å². The van der Waals surface area contributed by atoms with Crippen molar-refractivity contribution in [2.45, 2.75) is 25.3 Å². The van der Waals surface area contributed by atoms with Crippen LogP contribution in [0.2, 0.25) is 0 Å². The van der Waals surface area contributed by atoms with E-state index in [0.717, 1.165) is 12.8 Å². The van der Waals surface area contributed by atoms with Gasteiger partial charge in [-0.05, 0) is 25.0 Å². The van der Waals surface area contributed by atoms with Crippen molar-refractivity contribution in [3.05, 3.63) is 47.7 Å². The molecule has 1 aromatic carbocycles. The van der Waals surface area contributed by atoms with Crippen LogP contribution in [-0.2, 0) is 4.79 Å². The molecule has 6 heteroatoms. The summed E-state index contributed by atoms with van der Waals surface area (Å²) in [5, 5.41) is 0. The molecule has 3 amide bonds.